The third-order valence-corrected chi connectivity index (χ3v) is 2.06. The summed E-state index contributed by atoms with van der Waals surface area (Å²) >= 11 is 0. The standard InChI is InChI=1S/C11H13NO/c1-3-5-11(13)12(8-4-2)9-10-6-7-10/h1-2,10H,5-9H2. The summed E-state index contributed by atoms with van der Waals surface area (Å²) in [6.45, 7) is 1.17. The number of carbonyl (C=O) groups is 1. The Balaban J connectivity index is 2.40. The Kier molecular flexibility index (Phi) is 3.41. The van der Waals surface area contributed by atoms with Crippen molar-refractivity contribution >= 4 is 5.91 Å². The average molecular weight is 175 g/mol. The average Bonchev–Trinajstić information content (AvgIpc) is 2.88. The molecule has 0 aromatic carbocycles. The highest BCUT2D eigenvalue weighted by molar-refractivity contribution is 5.78. The van der Waals surface area contributed by atoms with Gasteiger partial charge in [-0.1, -0.05) is 11.8 Å². The minimum absolute atomic E-state index is 0.0210. The number of amides is 1. The smallest absolute Gasteiger partial charge is 0.235 e. The zero-order valence-electron chi connectivity index (χ0n) is 7.62. The molecule has 1 fully saturated rings. The van der Waals surface area contributed by atoms with Crippen LogP contribution in [0.2, 0.25) is 0 Å². The van der Waals surface area contributed by atoms with Gasteiger partial charge in [0.05, 0.1) is 13.0 Å². The first-order chi connectivity index (χ1) is 6.27. The second kappa shape index (κ2) is 4.58. The second-order valence-electron chi connectivity index (χ2n) is 3.30. The molecule has 0 bridgehead atoms. The van der Waals surface area contributed by atoms with Gasteiger partial charge in [-0.05, 0) is 18.8 Å². The summed E-state index contributed by atoms with van der Waals surface area (Å²) in [5, 5.41) is 0. The first-order valence-corrected chi connectivity index (χ1v) is 4.42. The summed E-state index contributed by atoms with van der Waals surface area (Å²) < 4.78 is 0. The van der Waals surface area contributed by atoms with Gasteiger partial charge in [0, 0.05) is 6.54 Å². The van der Waals surface area contributed by atoms with Crippen LogP contribution in [0.4, 0.5) is 0 Å². The molecule has 0 heterocycles. The van der Waals surface area contributed by atoms with Gasteiger partial charge in [0.25, 0.3) is 0 Å². The topological polar surface area (TPSA) is 20.3 Å². The molecule has 13 heavy (non-hydrogen) atoms. The first-order valence-electron chi connectivity index (χ1n) is 4.42. The number of rotatable bonds is 4. The van der Waals surface area contributed by atoms with E-state index in [2.05, 4.69) is 11.8 Å². The Bertz CT molecular complexity index is 265. The van der Waals surface area contributed by atoms with Crippen LogP contribution in [0, 0.1) is 30.6 Å². The third kappa shape index (κ3) is 3.22. The van der Waals surface area contributed by atoms with E-state index in [4.69, 9.17) is 12.8 Å². The Labute approximate surface area is 79.3 Å². The number of nitrogens with zero attached hydrogens (tertiary/aromatic N) is 1. The van der Waals surface area contributed by atoms with Crippen molar-refractivity contribution in [2.24, 2.45) is 5.92 Å². The zero-order chi connectivity index (χ0) is 9.68. The van der Waals surface area contributed by atoms with E-state index in [1.807, 2.05) is 0 Å². The molecule has 2 heteroatoms. The van der Waals surface area contributed by atoms with Crippen LogP contribution < -0.4 is 0 Å². The maximum Gasteiger partial charge on any atom is 0.235 e. The molecule has 0 unspecified atom stereocenters. The Morgan fingerprint density at radius 3 is 2.54 bits per heavy atom. The molecule has 0 atom stereocenters. The van der Waals surface area contributed by atoms with E-state index in [1.165, 1.54) is 12.8 Å². The minimum Gasteiger partial charge on any atom is -0.330 e. The second-order valence-corrected chi connectivity index (χ2v) is 3.30. The number of hydrogen-bond acceptors (Lipinski definition) is 1. The van der Waals surface area contributed by atoms with E-state index in [0.717, 1.165) is 6.54 Å². The number of carbonyl (C=O) groups excluding carboxylic acids is 1. The van der Waals surface area contributed by atoms with Crippen LogP contribution in [0.5, 0.6) is 0 Å². The Hall–Kier alpha value is -1.41. The van der Waals surface area contributed by atoms with E-state index in [-0.39, 0.29) is 12.3 Å². The molecule has 0 radical (unpaired) electrons. The highest BCUT2D eigenvalue weighted by atomic mass is 16.2. The minimum atomic E-state index is -0.0210. The summed E-state index contributed by atoms with van der Waals surface area (Å²) in [4.78, 5) is 13.1. The number of terminal acetylenes is 2. The summed E-state index contributed by atoms with van der Waals surface area (Å²) in [7, 11) is 0. The molecule has 1 saturated carbocycles. The fourth-order valence-corrected chi connectivity index (χ4v) is 1.18. The van der Waals surface area contributed by atoms with Crippen LogP contribution in [-0.2, 0) is 4.79 Å². The lowest BCUT2D eigenvalue weighted by Gasteiger charge is -2.18. The molecule has 1 aliphatic rings. The molecule has 0 N–H and O–H groups in total. The normalized spacial score (nSPS) is 14.3. The van der Waals surface area contributed by atoms with Gasteiger partial charge in [0.1, 0.15) is 0 Å². The van der Waals surface area contributed by atoms with Gasteiger partial charge < -0.3 is 4.90 Å². The summed E-state index contributed by atoms with van der Waals surface area (Å²) in [6.07, 6.45) is 12.8. The largest absolute Gasteiger partial charge is 0.330 e. The lowest BCUT2D eigenvalue weighted by atomic mass is 10.3. The zero-order valence-corrected chi connectivity index (χ0v) is 7.62. The van der Waals surface area contributed by atoms with E-state index in [9.17, 15) is 4.79 Å². The number of hydrogen-bond donors (Lipinski definition) is 0. The molecule has 0 aromatic heterocycles. The predicted octanol–water partition coefficient (Wildman–Crippen LogP) is 0.882. The van der Waals surface area contributed by atoms with Crippen molar-refractivity contribution in [3.05, 3.63) is 0 Å². The maximum absolute atomic E-state index is 11.4. The Morgan fingerprint density at radius 1 is 1.38 bits per heavy atom. The third-order valence-electron chi connectivity index (χ3n) is 2.06. The van der Waals surface area contributed by atoms with Crippen molar-refractivity contribution in [2.45, 2.75) is 19.3 Å². The highest BCUT2D eigenvalue weighted by Gasteiger charge is 2.25. The molecule has 2 nitrogen and oxygen atoms in total. The van der Waals surface area contributed by atoms with Crippen LogP contribution in [0.15, 0.2) is 0 Å². The molecule has 0 aromatic rings. The van der Waals surface area contributed by atoms with Gasteiger partial charge in [0.15, 0.2) is 0 Å². The van der Waals surface area contributed by atoms with Gasteiger partial charge in [-0.2, -0.15) is 0 Å². The SMILES string of the molecule is C#CCC(=O)N(CC#C)CC1CC1. The van der Waals surface area contributed by atoms with Crippen molar-refractivity contribution in [1.29, 1.82) is 0 Å². The molecule has 1 aliphatic carbocycles. The molecule has 0 saturated heterocycles. The fourth-order valence-electron chi connectivity index (χ4n) is 1.18. The first kappa shape index (κ1) is 9.68. The maximum atomic E-state index is 11.4. The molecule has 0 aliphatic heterocycles. The van der Waals surface area contributed by atoms with Crippen molar-refractivity contribution in [3.63, 3.8) is 0 Å². The van der Waals surface area contributed by atoms with E-state index in [0.29, 0.717) is 12.5 Å². The van der Waals surface area contributed by atoms with Gasteiger partial charge in [-0.3, -0.25) is 4.79 Å². The molecular formula is C11H13NO. The summed E-state index contributed by atoms with van der Waals surface area (Å²) in [5.74, 6) is 5.46. The van der Waals surface area contributed by atoms with Crippen LogP contribution in [0.25, 0.3) is 0 Å². The van der Waals surface area contributed by atoms with Gasteiger partial charge in [-0.25, -0.2) is 0 Å². The van der Waals surface area contributed by atoms with Crippen molar-refractivity contribution in [2.75, 3.05) is 13.1 Å². The van der Waals surface area contributed by atoms with E-state index < -0.39 is 0 Å². The molecule has 1 amide bonds. The van der Waals surface area contributed by atoms with Crippen molar-refractivity contribution in [1.82, 2.24) is 4.90 Å². The lowest BCUT2D eigenvalue weighted by molar-refractivity contribution is -0.129. The van der Waals surface area contributed by atoms with Crippen LogP contribution in [-0.4, -0.2) is 23.9 Å². The molecule has 68 valence electrons. The summed E-state index contributed by atoms with van der Waals surface area (Å²) in [6, 6.07) is 0. The van der Waals surface area contributed by atoms with E-state index >= 15 is 0 Å². The van der Waals surface area contributed by atoms with Crippen LogP contribution in [0.1, 0.15) is 19.3 Å². The highest BCUT2D eigenvalue weighted by Crippen LogP contribution is 2.29. The van der Waals surface area contributed by atoms with E-state index in [1.54, 1.807) is 4.90 Å². The van der Waals surface area contributed by atoms with Gasteiger partial charge in [-0.15, -0.1) is 12.8 Å². The lowest BCUT2D eigenvalue weighted by Crippen LogP contribution is -2.32. The van der Waals surface area contributed by atoms with Gasteiger partial charge in [0.2, 0.25) is 5.91 Å². The Morgan fingerprint density at radius 2 is 2.08 bits per heavy atom. The van der Waals surface area contributed by atoms with Gasteiger partial charge >= 0.3 is 0 Å². The van der Waals surface area contributed by atoms with Crippen molar-refractivity contribution in [3.8, 4) is 24.7 Å². The monoisotopic (exact) mass is 175 g/mol. The molecule has 1 rings (SSSR count). The summed E-state index contributed by atoms with van der Waals surface area (Å²) in [5.41, 5.74) is 0. The van der Waals surface area contributed by atoms with Crippen molar-refractivity contribution < 1.29 is 4.79 Å². The predicted molar refractivity (Wildman–Crippen MR) is 51.6 cm³/mol. The fraction of sp³-hybridized carbons (Fsp3) is 0.545. The quantitative estimate of drug-likeness (QED) is 0.581. The molecular weight excluding hydrogens is 162 g/mol. The van der Waals surface area contributed by atoms with Crippen LogP contribution >= 0.6 is 0 Å². The molecule has 0 spiro atoms. The van der Waals surface area contributed by atoms with Crippen LogP contribution in [0.3, 0.4) is 0 Å².